The zero-order valence-electron chi connectivity index (χ0n) is 17.2. The van der Waals surface area contributed by atoms with Crippen LogP contribution < -0.4 is 5.63 Å². The van der Waals surface area contributed by atoms with E-state index in [1.165, 1.54) is 5.56 Å². The second-order valence-electron chi connectivity index (χ2n) is 8.85. The average Bonchev–Trinajstić information content (AvgIpc) is 3.61. The predicted octanol–water partition coefficient (Wildman–Crippen LogP) is 5.94. The summed E-state index contributed by atoms with van der Waals surface area (Å²) < 4.78 is 6.04. The first-order valence-electron chi connectivity index (χ1n) is 11.2. The Hall–Kier alpha value is -2.81. The molecule has 154 valence electrons. The predicted molar refractivity (Wildman–Crippen MR) is 118 cm³/mol. The summed E-state index contributed by atoms with van der Waals surface area (Å²) in [5.74, 6) is 1.37. The SMILES string of the molecule is O=c1oc2c(c(O)c1C(c1ccccc1)C1CC1)CCCCC2Cc1ccccc1. The Labute approximate surface area is 177 Å². The summed E-state index contributed by atoms with van der Waals surface area (Å²) in [6, 6.07) is 20.5. The van der Waals surface area contributed by atoms with Crippen molar-refractivity contribution in [1.82, 2.24) is 0 Å². The lowest BCUT2D eigenvalue weighted by atomic mass is 9.85. The van der Waals surface area contributed by atoms with Crippen molar-refractivity contribution in [1.29, 1.82) is 0 Å². The second-order valence-corrected chi connectivity index (χ2v) is 8.85. The van der Waals surface area contributed by atoms with Crippen molar-refractivity contribution in [2.24, 2.45) is 5.92 Å². The van der Waals surface area contributed by atoms with E-state index in [-0.39, 0.29) is 23.2 Å². The molecule has 0 spiro atoms. The minimum absolute atomic E-state index is 0.0800. The molecule has 0 amide bonds. The number of rotatable bonds is 5. The van der Waals surface area contributed by atoms with Crippen molar-refractivity contribution in [3.63, 3.8) is 0 Å². The summed E-state index contributed by atoms with van der Waals surface area (Å²) in [5, 5.41) is 11.4. The van der Waals surface area contributed by atoms with Crippen LogP contribution in [0.5, 0.6) is 5.75 Å². The number of hydrogen-bond acceptors (Lipinski definition) is 3. The first kappa shape index (κ1) is 19.2. The van der Waals surface area contributed by atoms with Gasteiger partial charge >= 0.3 is 5.63 Å². The van der Waals surface area contributed by atoms with Crippen LogP contribution in [-0.4, -0.2) is 5.11 Å². The molecule has 1 saturated carbocycles. The van der Waals surface area contributed by atoms with Gasteiger partial charge in [-0.05, 0) is 55.6 Å². The smallest absolute Gasteiger partial charge is 0.343 e. The Kier molecular flexibility index (Phi) is 5.20. The Morgan fingerprint density at radius 2 is 1.63 bits per heavy atom. The monoisotopic (exact) mass is 400 g/mol. The molecule has 2 aliphatic carbocycles. The highest BCUT2D eigenvalue weighted by molar-refractivity contribution is 5.48. The maximum Gasteiger partial charge on any atom is 0.343 e. The third-order valence-electron chi connectivity index (χ3n) is 6.75. The van der Waals surface area contributed by atoms with Gasteiger partial charge in [-0.3, -0.25) is 0 Å². The van der Waals surface area contributed by atoms with Crippen molar-refractivity contribution >= 4 is 0 Å². The van der Waals surface area contributed by atoms with E-state index in [9.17, 15) is 9.90 Å². The highest BCUT2D eigenvalue weighted by Crippen LogP contribution is 2.49. The lowest BCUT2D eigenvalue weighted by Gasteiger charge is -2.22. The third kappa shape index (κ3) is 3.69. The molecule has 2 atom stereocenters. The van der Waals surface area contributed by atoms with Crippen LogP contribution in [0.2, 0.25) is 0 Å². The fraction of sp³-hybridized carbons (Fsp3) is 0.370. The number of benzene rings is 2. The van der Waals surface area contributed by atoms with Crippen molar-refractivity contribution in [3.05, 3.63) is 99.1 Å². The van der Waals surface area contributed by atoms with Gasteiger partial charge in [0.05, 0.1) is 5.56 Å². The van der Waals surface area contributed by atoms with Crippen molar-refractivity contribution in [2.45, 2.75) is 56.8 Å². The molecule has 1 aromatic heterocycles. The maximum absolute atomic E-state index is 13.2. The molecule has 1 fully saturated rings. The van der Waals surface area contributed by atoms with E-state index in [4.69, 9.17) is 4.42 Å². The zero-order chi connectivity index (χ0) is 20.5. The Bertz CT molecular complexity index is 1060. The lowest BCUT2D eigenvalue weighted by Crippen LogP contribution is -2.19. The lowest BCUT2D eigenvalue weighted by molar-refractivity contribution is 0.373. The minimum Gasteiger partial charge on any atom is -0.507 e. The van der Waals surface area contributed by atoms with E-state index in [1.807, 2.05) is 36.4 Å². The molecule has 1 N–H and O–H groups in total. The Morgan fingerprint density at radius 3 is 2.33 bits per heavy atom. The van der Waals surface area contributed by atoms with Gasteiger partial charge in [0.1, 0.15) is 11.5 Å². The highest BCUT2D eigenvalue weighted by Gasteiger charge is 2.39. The van der Waals surface area contributed by atoms with Gasteiger partial charge in [-0.25, -0.2) is 4.79 Å². The van der Waals surface area contributed by atoms with Crippen molar-refractivity contribution in [2.75, 3.05) is 0 Å². The topological polar surface area (TPSA) is 50.4 Å². The molecule has 3 aromatic rings. The summed E-state index contributed by atoms with van der Waals surface area (Å²) >= 11 is 0. The number of aromatic hydroxyl groups is 1. The van der Waals surface area contributed by atoms with Crippen LogP contribution >= 0.6 is 0 Å². The molecule has 0 bridgehead atoms. The van der Waals surface area contributed by atoms with Gasteiger partial charge in [0, 0.05) is 17.4 Å². The largest absolute Gasteiger partial charge is 0.507 e. The summed E-state index contributed by atoms with van der Waals surface area (Å²) in [5.41, 5.74) is 3.32. The van der Waals surface area contributed by atoms with E-state index in [1.54, 1.807) is 0 Å². The molecule has 1 heterocycles. The van der Waals surface area contributed by atoms with E-state index in [0.29, 0.717) is 17.2 Å². The summed E-state index contributed by atoms with van der Waals surface area (Å²) in [7, 11) is 0. The van der Waals surface area contributed by atoms with Crippen LogP contribution in [0.15, 0.2) is 69.9 Å². The highest BCUT2D eigenvalue weighted by atomic mass is 16.4. The van der Waals surface area contributed by atoms with E-state index in [2.05, 4.69) is 24.3 Å². The minimum atomic E-state index is -0.355. The molecule has 0 radical (unpaired) electrons. The first-order valence-corrected chi connectivity index (χ1v) is 11.2. The van der Waals surface area contributed by atoms with Gasteiger partial charge in [-0.2, -0.15) is 0 Å². The summed E-state index contributed by atoms with van der Waals surface area (Å²) in [6.07, 6.45) is 6.86. The van der Waals surface area contributed by atoms with E-state index in [0.717, 1.165) is 56.1 Å². The third-order valence-corrected chi connectivity index (χ3v) is 6.75. The van der Waals surface area contributed by atoms with Gasteiger partial charge in [0.2, 0.25) is 0 Å². The van der Waals surface area contributed by atoms with Crippen LogP contribution in [0.1, 0.15) is 72.0 Å². The molecule has 5 rings (SSSR count). The Morgan fingerprint density at radius 1 is 0.933 bits per heavy atom. The van der Waals surface area contributed by atoms with Gasteiger partial charge in [0.15, 0.2) is 0 Å². The molecule has 30 heavy (non-hydrogen) atoms. The fourth-order valence-corrected chi connectivity index (χ4v) is 5.12. The van der Waals surface area contributed by atoms with Crippen LogP contribution in [0.25, 0.3) is 0 Å². The molecule has 0 aliphatic heterocycles. The fourth-order valence-electron chi connectivity index (χ4n) is 5.12. The van der Waals surface area contributed by atoms with E-state index >= 15 is 0 Å². The summed E-state index contributed by atoms with van der Waals surface area (Å²) in [6.45, 7) is 0. The van der Waals surface area contributed by atoms with Crippen LogP contribution in [0.4, 0.5) is 0 Å². The summed E-state index contributed by atoms with van der Waals surface area (Å²) in [4.78, 5) is 13.2. The molecule has 3 nitrogen and oxygen atoms in total. The van der Waals surface area contributed by atoms with Crippen molar-refractivity contribution in [3.8, 4) is 5.75 Å². The molecule has 2 aromatic carbocycles. The van der Waals surface area contributed by atoms with Gasteiger partial charge in [0.25, 0.3) is 0 Å². The molecule has 3 heteroatoms. The molecule has 2 unspecified atom stereocenters. The maximum atomic E-state index is 13.2. The standard InChI is InChI=1S/C27H28O3/c28-25-22-14-8-7-13-21(17-18-9-3-1-4-10-18)26(22)30-27(29)24(25)23(20-15-16-20)19-11-5-2-6-12-19/h1-6,9-12,20-21,23,28H,7-8,13-17H2. The molecular weight excluding hydrogens is 372 g/mol. The Balaban J connectivity index is 1.59. The first-order chi connectivity index (χ1) is 14.7. The molecular formula is C27H28O3. The van der Waals surface area contributed by atoms with Gasteiger partial charge < -0.3 is 9.52 Å². The number of hydrogen-bond donors (Lipinski definition) is 1. The average molecular weight is 401 g/mol. The van der Waals surface area contributed by atoms with Gasteiger partial charge in [-0.15, -0.1) is 0 Å². The van der Waals surface area contributed by atoms with E-state index < -0.39 is 0 Å². The quantitative estimate of drug-likeness (QED) is 0.539. The van der Waals surface area contributed by atoms with Crippen LogP contribution in [0.3, 0.4) is 0 Å². The van der Waals surface area contributed by atoms with Crippen LogP contribution in [-0.2, 0) is 12.8 Å². The number of fused-ring (bicyclic) bond motifs is 1. The van der Waals surface area contributed by atoms with Crippen LogP contribution in [0, 0.1) is 5.92 Å². The normalized spacial score (nSPS) is 19.7. The second kappa shape index (κ2) is 8.14. The molecule has 2 aliphatic rings. The zero-order valence-corrected chi connectivity index (χ0v) is 17.2. The van der Waals surface area contributed by atoms with Gasteiger partial charge in [-0.1, -0.05) is 67.1 Å². The van der Waals surface area contributed by atoms with Crippen molar-refractivity contribution < 1.29 is 9.52 Å². The molecule has 0 saturated heterocycles.